The molecule has 28 heavy (non-hydrogen) atoms. The molecular formula is C23H35N3O2. The molecule has 0 radical (unpaired) electrons. The van der Waals surface area contributed by atoms with Gasteiger partial charge in [-0.05, 0) is 68.5 Å². The number of β-amino-alcohol motifs (C(OH)–C–C–N with tert-alkyl or cyclic N) is 1. The zero-order valence-corrected chi connectivity index (χ0v) is 17.1. The molecule has 5 heteroatoms. The quantitative estimate of drug-likeness (QED) is 0.790. The van der Waals surface area contributed by atoms with Gasteiger partial charge in [0.15, 0.2) is 0 Å². The van der Waals surface area contributed by atoms with E-state index in [2.05, 4.69) is 4.90 Å². The van der Waals surface area contributed by atoms with Gasteiger partial charge in [0.05, 0.1) is 11.6 Å². The molecule has 2 saturated carbocycles. The van der Waals surface area contributed by atoms with Gasteiger partial charge in [-0.2, -0.15) is 0 Å². The Labute approximate surface area is 168 Å². The number of nitrogens with zero attached hydrogens (tertiary/aromatic N) is 2. The molecule has 154 valence electrons. The van der Waals surface area contributed by atoms with Gasteiger partial charge < -0.3 is 20.6 Å². The number of amides is 1. The topological polar surface area (TPSA) is 69.8 Å². The van der Waals surface area contributed by atoms with E-state index in [1.54, 1.807) is 0 Å². The van der Waals surface area contributed by atoms with Crippen molar-refractivity contribution in [3.63, 3.8) is 0 Å². The predicted molar refractivity (Wildman–Crippen MR) is 111 cm³/mol. The molecular weight excluding hydrogens is 350 g/mol. The van der Waals surface area contributed by atoms with Crippen LogP contribution in [0, 0.1) is 11.3 Å². The molecule has 1 unspecified atom stereocenters. The van der Waals surface area contributed by atoms with E-state index in [1.165, 1.54) is 19.3 Å². The van der Waals surface area contributed by atoms with E-state index in [4.69, 9.17) is 5.73 Å². The number of aliphatic hydroxyl groups is 1. The van der Waals surface area contributed by atoms with Gasteiger partial charge in [0, 0.05) is 20.1 Å². The Kier molecular flexibility index (Phi) is 5.51. The average molecular weight is 386 g/mol. The highest BCUT2D eigenvalue weighted by molar-refractivity contribution is 5.87. The lowest BCUT2D eigenvalue weighted by Gasteiger charge is -2.59. The Morgan fingerprint density at radius 2 is 1.89 bits per heavy atom. The standard InChI is InChI=1S/C23H35N3O2/c1-25(21(28)23(24)16-22(17-23)10-5-11-22)14-18-8-12-26(13-9-18)15-20(27)19-6-3-2-4-7-19/h2-4,6-7,18,20,27H,5,8-17,24H2,1H3. The van der Waals surface area contributed by atoms with Crippen LogP contribution >= 0.6 is 0 Å². The second kappa shape index (κ2) is 7.77. The Bertz CT molecular complexity index is 672. The summed E-state index contributed by atoms with van der Waals surface area (Å²) in [7, 11) is 1.92. The third-order valence-electron chi connectivity index (χ3n) is 7.42. The van der Waals surface area contributed by atoms with Gasteiger partial charge in [-0.25, -0.2) is 0 Å². The fourth-order valence-corrected chi connectivity index (χ4v) is 5.70. The van der Waals surface area contributed by atoms with Gasteiger partial charge in [0.2, 0.25) is 5.91 Å². The minimum absolute atomic E-state index is 0.145. The molecule has 1 aromatic carbocycles. The molecule has 1 amide bonds. The number of piperidine rings is 1. The first-order chi connectivity index (χ1) is 13.4. The van der Waals surface area contributed by atoms with Crippen molar-refractivity contribution in [1.82, 2.24) is 9.80 Å². The Morgan fingerprint density at radius 1 is 1.25 bits per heavy atom. The van der Waals surface area contributed by atoms with Crippen LogP contribution in [0.1, 0.15) is 56.6 Å². The SMILES string of the molecule is CN(CC1CCN(CC(O)c2ccccc2)CC1)C(=O)C1(N)CC2(CCC2)C1. The first-order valence-electron chi connectivity index (χ1n) is 10.9. The van der Waals surface area contributed by atoms with Gasteiger partial charge in [-0.15, -0.1) is 0 Å². The highest BCUT2D eigenvalue weighted by Gasteiger charge is 2.59. The molecule has 0 bridgehead atoms. The molecule has 1 atom stereocenters. The molecule has 1 aliphatic heterocycles. The van der Waals surface area contributed by atoms with E-state index in [9.17, 15) is 9.90 Å². The fraction of sp³-hybridized carbons (Fsp3) is 0.696. The summed E-state index contributed by atoms with van der Waals surface area (Å²) < 4.78 is 0. The number of hydrogen-bond acceptors (Lipinski definition) is 4. The molecule has 1 spiro atoms. The highest BCUT2D eigenvalue weighted by Crippen LogP contribution is 2.59. The summed E-state index contributed by atoms with van der Waals surface area (Å²) in [5.41, 5.74) is 7.23. The van der Waals surface area contributed by atoms with Crippen LogP contribution < -0.4 is 5.73 Å². The fourth-order valence-electron chi connectivity index (χ4n) is 5.70. The number of nitrogens with two attached hydrogens (primary N) is 1. The number of likely N-dealkylation sites (tertiary alicyclic amines) is 1. The number of hydrogen-bond donors (Lipinski definition) is 2. The van der Waals surface area contributed by atoms with Crippen molar-refractivity contribution in [2.24, 2.45) is 17.1 Å². The number of likely N-dealkylation sites (N-methyl/N-ethyl adjacent to an activating group) is 1. The molecule has 1 saturated heterocycles. The van der Waals surface area contributed by atoms with Gasteiger partial charge in [-0.1, -0.05) is 36.8 Å². The minimum atomic E-state index is -0.602. The summed E-state index contributed by atoms with van der Waals surface area (Å²) in [5, 5.41) is 10.4. The largest absolute Gasteiger partial charge is 0.387 e. The molecule has 3 fully saturated rings. The summed E-state index contributed by atoms with van der Waals surface area (Å²) in [6.07, 6.45) is 7.31. The van der Waals surface area contributed by atoms with Crippen molar-refractivity contribution in [2.45, 2.75) is 56.6 Å². The van der Waals surface area contributed by atoms with Crippen molar-refractivity contribution in [3.8, 4) is 0 Å². The predicted octanol–water partition coefficient (Wildman–Crippen LogP) is 2.55. The van der Waals surface area contributed by atoms with Crippen LogP contribution in [-0.2, 0) is 4.79 Å². The summed E-state index contributed by atoms with van der Waals surface area (Å²) >= 11 is 0. The molecule has 1 aromatic rings. The van der Waals surface area contributed by atoms with Gasteiger partial charge >= 0.3 is 0 Å². The van der Waals surface area contributed by atoms with Crippen molar-refractivity contribution >= 4 is 5.91 Å². The molecule has 3 aliphatic rings. The van der Waals surface area contributed by atoms with Crippen LogP contribution in [0.4, 0.5) is 0 Å². The third-order valence-corrected chi connectivity index (χ3v) is 7.42. The van der Waals surface area contributed by atoms with Crippen molar-refractivity contribution in [2.75, 3.05) is 33.2 Å². The molecule has 0 aromatic heterocycles. The van der Waals surface area contributed by atoms with Crippen molar-refractivity contribution < 1.29 is 9.90 Å². The first-order valence-corrected chi connectivity index (χ1v) is 10.9. The lowest BCUT2D eigenvalue weighted by atomic mass is 9.48. The van der Waals surface area contributed by atoms with Gasteiger partial charge in [-0.3, -0.25) is 4.79 Å². The second-order valence-corrected chi connectivity index (χ2v) is 9.72. The number of aliphatic hydroxyl groups excluding tert-OH is 1. The second-order valence-electron chi connectivity index (χ2n) is 9.72. The van der Waals surface area contributed by atoms with E-state index >= 15 is 0 Å². The van der Waals surface area contributed by atoms with Crippen LogP contribution in [0.25, 0.3) is 0 Å². The number of carbonyl (C=O) groups excluding carboxylic acids is 1. The number of carbonyl (C=O) groups is 1. The first kappa shape index (κ1) is 19.9. The third kappa shape index (κ3) is 3.98. The smallest absolute Gasteiger partial charge is 0.242 e. The summed E-state index contributed by atoms with van der Waals surface area (Å²) in [4.78, 5) is 17.1. The maximum atomic E-state index is 12.9. The average Bonchev–Trinajstić information content (AvgIpc) is 2.65. The van der Waals surface area contributed by atoms with Crippen LogP contribution in [0.15, 0.2) is 30.3 Å². The van der Waals surface area contributed by atoms with Gasteiger partial charge in [0.1, 0.15) is 0 Å². The van der Waals surface area contributed by atoms with E-state index < -0.39 is 11.6 Å². The van der Waals surface area contributed by atoms with Crippen molar-refractivity contribution in [1.29, 1.82) is 0 Å². The zero-order chi connectivity index (χ0) is 19.8. The van der Waals surface area contributed by atoms with E-state index in [0.29, 0.717) is 17.9 Å². The van der Waals surface area contributed by atoms with E-state index in [0.717, 1.165) is 50.9 Å². The Morgan fingerprint density at radius 3 is 2.46 bits per heavy atom. The van der Waals surface area contributed by atoms with Crippen molar-refractivity contribution in [3.05, 3.63) is 35.9 Å². The molecule has 1 heterocycles. The number of rotatable bonds is 6. The lowest BCUT2D eigenvalue weighted by molar-refractivity contribution is -0.151. The number of benzene rings is 1. The Balaban J connectivity index is 1.20. The van der Waals surface area contributed by atoms with E-state index in [-0.39, 0.29) is 5.91 Å². The molecule has 4 rings (SSSR count). The molecule has 2 aliphatic carbocycles. The van der Waals surface area contributed by atoms with Gasteiger partial charge in [0.25, 0.3) is 0 Å². The monoisotopic (exact) mass is 385 g/mol. The molecule has 5 nitrogen and oxygen atoms in total. The summed E-state index contributed by atoms with van der Waals surface area (Å²) in [6, 6.07) is 9.87. The summed E-state index contributed by atoms with van der Waals surface area (Å²) in [6.45, 7) is 3.44. The maximum absolute atomic E-state index is 12.9. The van der Waals surface area contributed by atoms with Crippen LogP contribution in [0.5, 0.6) is 0 Å². The Hall–Kier alpha value is -1.43. The normalized spacial score (nSPS) is 25.0. The maximum Gasteiger partial charge on any atom is 0.242 e. The molecule has 3 N–H and O–H groups in total. The van der Waals surface area contributed by atoms with Crippen LogP contribution in [0.3, 0.4) is 0 Å². The van der Waals surface area contributed by atoms with Crippen LogP contribution in [0.2, 0.25) is 0 Å². The minimum Gasteiger partial charge on any atom is -0.387 e. The van der Waals surface area contributed by atoms with E-state index in [1.807, 2.05) is 42.3 Å². The summed E-state index contributed by atoms with van der Waals surface area (Å²) in [5.74, 6) is 0.673. The van der Waals surface area contributed by atoms with Crippen LogP contribution in [-0.4, -0.2) is 59.6 Å². The zero-order valence-electron chi connectivity index (χ0n) is 17.1. The lowest BCUT2D eigenvalue weighted by Crippen LogP contribution is -2.68. The highest BCUT2D eigenvalue weighted by atomic mass is 16.3.